The van der Waals surface area contributed by atoms with Crippen LogP contribution in [0.2, 0.25) is 0 Å². The van der Waals surface area contributed by atoms with Gasteiger partial charge in [-0.25, -0.2) is 0 Å². The maximum Gasteiger partial charge on any atom is 0.262 e. The Morgan fingerprint density at radius 3 is 2.47 bits per heavy atom. The van der Waals surface area contributed by atoms with Crippen molar-refractivity contribution in [3.05, 3.63) is 29.3 Å². The second kappa shape index (κ2) is 4.72. The molecule has 0 spiro atoms. The van der Waals surface area contributed by atoms with Crippen molar-refractivity contribution in [3.8, 4) is 0 Å². The molecular weight excluding hydrogens is 246 g/mol. The van der Waals surface area contributed by atoms with Crippen LogP contribution in [-0.2, 0) is 4.79 Å². The minimum Gasteiger partial charge on any atom is -0.399 e. The smallest absolute Gasteiger partial charge is 0.262 e. The summed E-state index contributed by atoms with van der Waals surface area (Å²) in [6.45, 7) is 1.85. The Bertz CT molecular complexity index is 568. The summed E-state index contributed by atoms with van der Waals surface area (Å²) < 4.78 is 0. The number of benzene rings is 1. The Morgan fingerprint density at radius 1 is 1.26 bits per heavy atom. The number of carbonyl (C=O) groups is 3. The molecule has 0 aromatic heterocycles. The Hall–Kier alpha value is -2.37. The van der Waals surface area contributed by atoms with E-state index >= 15 is 0 Å². The van der Waals surface area contributed by atoms with E-state index in [1.807, 2.05) is 6.92 Å². The molecule has 0 fully saturated rings. The quantitative estimate of drug-likeness (QED) is 0.608. The lowest BCUT2D eigenvalue weighted by atomic mass is 10.1. The van der Waals surface area contributed by atoms with E-state index in [0.29, 0.717) is 18.5 Å². The van der Waals surface area contributed by atoms with Crippen molar-refractivity contribution < 1.29 is 14.4 Å². The van der Waals surface area contributed by atoms with Crippen molar-refractivity contribution >= 4 is 23.4 Å². The van der Waals surface area contributed by atoms with Crippen molar-refractivity contribution in [2.24, 2.45) is 5.73 Å². The lowest BCUT2D eigenvalue weighted by molar-refractivity contribution is -0.122. The molecule has 6 heteroatoms. The number of nitrogens with zero attached hydrogens (tertiary/aromatic N) is 1. The molecule has 3 amide bonds. The van der Waals surface area contributed by atoms with Crippen molar-refractivity contribution in [1.82, 2.24) is 4.90 Å². The Morgan fingerprint density at radius 2 is 1.89 bits per heavy atom. The number of fused-ring (bicyclic) bond motifs is 1. The molecule has 19 heavy (non-hydrogen) atoms. The van der Waals surface area contributed by atoms with Crippen LogP contribution in [0.25, 0.3) is 0 Å². The van der Waals surface area contributed by atoms with Gasteiger partial charge >= 0.3 is 0 Å². The van der Waals surface area contributed by atoms with Gasteiger partial charge in [-0.3, -0.25) is 19.3 Å². The Kier molecular flexibility index (Phi) is 3.25. The zero-order valence-corrected chi connectivity index (χ0v) is 10.6. The van der Waals surface area contributed by atoms with Crippen LogP contribution in [0.5, 0.6) is 0 Å². The van der Waals surface area contributed by atoms with E-state index in [2.05, 4.69) is 0 Å². The number of carbonyl (C=O) groups excluding carboxylic acids is 3. The summed E-state index contributed by atoms with van der Waals surface area (Å²) in [6, 6.07) is 3.58. The highest BCUT2D eigenvalue weighted by atomic mass is 16.2. The van der Waals surface area contributed by atoms with Gasteiger partial charge in [0.2, 0.25) is 5.91 Å². The summed E-state index contributed by atoms with van der Waals surface area (Å²) in [5.41, 5.74) is 11.8. The highest BCUT2D eigenvalue weighted by Crippen LogP contribution is 2.27. The van der Waals surface area contributed by atoms with Crippen LogP contribution < -0.4 is 11.5 Å². The molecule has 0 bridgehead atoms. The van der Waals surface area contributed by atoms with E-state index in [1.54, 1.807) is 6.07 Å². The van der Waals surface area contributed by atoms with Crippen LogP contribution in [0.4, 0.5) is 5.69 Å². The van der Waals surface area contributed by atoms with Gasteiger partial charge in [0.25, 0.3) is 11.8 Å². The number of amides is 3. The van der Waals surface area contributed by atoms with Gasteiger partial charge < -0.3 is 11.5 Å². The van der Waals surface area contributed by atoms with E-state index in [1.165, 1.54) is 12.1 Å². The summed E-state index contributed by atoms with van der Waals surface area (Å²) >= 11 is 0. The van der Waals surface area contributed by atoms with Crippen LogP contribution in [0, 0.1) is 0 Å². The summed E-state index contributed by atoms with van der Waals surface area (Å²) in [6.07, 6.45) is 0.999. The summed E-state index contributed by atoms with van der Waals surface area (Å²) in [5.74, 6) is -1.67. The number of rotatable bonds is 4. The van der Waals surface area contributed by atoms with E-state index in [4.69, 9.17) is 11.5 Å². The average molecular weight is 261 g/mol. The Labute approximate surface area is 110 Å². The minimum absolute atomic E-state index is 0.229. The molecule has 1 heterocycles. The molecule has 1 aromatic carbocycles. The maximum atomic E-state index is 12.2. The number of hydrogen-bond acceptors (Lipinski definition) is 4. The fraction of sp³-hybridized carbons (Fsp3) is 0.308. The number of hydrogen-bond donors (Lipinski definition) is 2. The third-order valence-corrected chi connectivity index (χ3v) is 3.14. The van der Waals surface area contributed by atoms with Gasteiger partial charge in [-0.1, -0.05) is 13.3 Å². The van der Waals surface area contributed by atoms with E-state index in [0.717, 1.165) is 4.90 Å². The van der Waals surface area contributed by atoms with Gasteiger partial charge in [0.1, 0.15) is 6.04 Å². The van der Waals surface area contributed by atoms with Crippen molar-refractivity contribution in [2.75, 3.05) is 5.73 Å². The molecule has 0 aliphatic carbocycles. The van der Waals surface area contributed by atoms with Crippen molar-refractivity contribution in [3.63, 3.8) is 0 Å². The number of anilines is 1. The predicted octanol–water partition coefficient (Wildman–Crippen LogP) is 0.519. The number of nitrogens with two attached hydrogens (primary N) is 2. The Balaban J connectivity index is 2.44. The maximum absolute atomic E-state index is 12.2. The van der Waals surface area contributed by atoms with Gasteiger partial charge in [0.05, 0.1) is 11.1 Å². The lowest BCUT2D eigenvalue weighted by Gasteiger charge is -2.22. The number of nitrogen functional groups attached to an aromatic ring is 1. The molecule has 0 saturated carbocycles. The van der Waals surface area contributed by atoms with Crippen molar-refractivity contribution in [2.45, 2.75) is 25.8 Å². The van der Waals surface area contributed by atoms with E-state index in [9.17, 15) is 14.4 Å². The summed E-state index contributed by atoms with van der Waals surface area (Å²) in [7, 11) is 0. The normalized spacial score (nSPS) is 15.5. The second-order valence-electron chi connectivity index (χ2n) is 4.49. The second-order valence-corrected chi connectivity index (χ2v) is 4.49. The zero-order chi connectivity index (χ0) is 14.2. The molecular formula is C13H15N3O3. The third-order valence-electron chi connectivity index (χ3n) is 3.14. The number of imide groups is 1. The third kappa shape index (κ3) is 2.05. The van der Waals surface area contributed by atoms with Crippen LogP contribution in [0.3, 0.4) is 0 Å². The topological polar surface area (TPSA) is 106 Å². The molecule has 0 radical (unpaired) electrons. The summed E-state index contributed by atoms with van der Waals surface area (Å²) in [4.78, 5) is 36.8. The highest BCUT2D eigenvalue weighted by Gasteiger charge is 2.41. The standard InChI is InChI=1S/C13H15N3O3/c1-2-3-10(11(15)17)16-12(18)8-5-4-7(14)6-9(8)13(16)19/h4-6,10H,2-3,14H2,1H3,(H2,15,17). The summed E-state index contributed by atoms with van der Waals surface area (Å²) in [5, 5.41) is 0. The molecule has 0 saturated heterocycles. The molecule has 2 rings (SSSR count). The van der Waals surface area contributed by atoms with Crippen LogP contribution in [0.15, 0.2) is 18.2 Å². The van der Waals surface area contributed by atoms with E-state index < -0.39 is 23.8 Å². The molecule has 1 aromatic rings. The fourth-order valence-corrected chi connectivity index (χ4v) is 2.23. The molecule has 100 valence electrons. The molecule has 1 aliphatic heterocycles. The fourth-order valence-electron chi connectivity index (χ4n) is 2.23. The minimum atomic E-state index is -0.904. The lowest BCUT2D eigenvalue weighted by Crippen LogP contribution is -2.47. The van der Waals surface area contributed by atoms with Gasteiger partial charge in [-0.2, -0.15) is 0 Å². The number of primary amides is 1. The zero-order valence-electron chi connectivity index (χ0n) is 10.6. The van der Waals surface area contributed by atoms with E-state index in [-0.39, 0.29) is 11.1 Å². The first kappa shape index (κ1) is 13.1. The molecule has 1 unspecified atom stereocenters. The molecule has 1 atom stereocenters. The average Bonchev–Trinajstić information content (AvgIpc) is 2.59. The van der Waals surface area contributed by atoms with Gasteiger partial charge in [0.15, 0.2) is 0 Å². The van der Waals surface area contributed by atoms with Crippen molar-refractivity contribution in [1.29, 1.82) is 0 Å². The first-order valence-electron chi connectivity index (χ1n) is 6.04. The largest absolute Gasteiger partial charge is 0.399 e. The molecule has 4 N–H and O–H groups in total. The van der Waals surface area contributed by atoms with Crippen LogP contribution >= 0.6 is 0 Å². The highest BCUT2D eigenvalue weighted by molar-refractivity contribution is 6.23. The monoisotopic (exact) mass is 261 g/mol. The molecule has 1 aliphatic rings. The van der Waals surface area contributed by atoms with Crippen LogP contribution in [0.1, 0.15) is 40.5 Å². The predicted molar refractivity (Wildman–Crippen MR) is 69.2 cm³/mol. The van der Waals surface area contributed by atoms with Gasteiger partial charge in [-0.15, -0.1) is 0 Å². The first-order chi connectivity index (χ1) is 8.97. The molecule has 6 nitrogen and oxygen atoms in total. The van der Waals surface area contributed by atoms with Gasteiger partial charge in [0, 0.05) is 5.69 Å². The SMILES string of the molecule is CCCC(C(N)=O)N1C(=O)c2ccc(N)cc2C1=O. The first-order valence-corrected chi connectivity index (χ1v) is 6.04. The van der Waals surface area contributed by atoms with Crippen LogP contribution in [-0.4, -0.2) is 28.7 Å². The van der Waals surface area contributed by atoms with Gasteiger partial charge in [-0.05, 0) is 24.6 Å².